The number of nitrogen functional groups attached to an aromatic ring is 1. The minimum atomic E-state index is -1.75. The Morgan fingerprint density at radius 1 is 1.45 bits per heavy atom. The van der Waals surface area contributed by atoms with Gasteiger partial charge in [-0.05, 0) is 19.4 Å². The minimum Gasteiger partial charge on any atom is -0.478 e. The van der Waals surface area contributed by atoms with Gasteiger partial charge < -0.3 is 30.9 Å². The molecular formula is C17H19N5O7S2. The molecule has 2 unspecified atom stereocenters. The summed E-state index contributed by atoms with van der Waals surface area (Å²) in [7, 11) is 0. The first-order valence-corrected chi connectivity index (χ1v) is 10.5. The number of aliphatic carboxylic acids is 2. The topological polar surface area (TPSA) is 194 Å². The van der Waals surface area contributed by atoms with E-state index < -0.39 is 40.6 Å². The van der Waals surface area contributed by atoms with Gasteiger partial charge in [-0.3, -0.25) is 9.79 Å². The van der Waals surface area contributed by atoms with Crippen molar-refractivity contribution in [1.29, 1.82) is 0 Å². The van der Waals surface area contributed by atoms with E-state index >= 15 is 0 Å². The summed E-state index contributed by atoms with van der Waals surface area (Å²) in [6.45, 7) is 6.07. The summed E-state index contributed by atoms with van der Waals surface area (Å²) in [5.41, 5.74) is 3.44. The lowest BCUT2D eigenvalue weighted by Crippen LogP contribution is -2.47. The first-order valence-electron chi connectivity index (χ1n) is 8.54. The third-order valence-electron chi connectivity index (χ3n) is 3.83. The Kier molecular flexibility index (Phi) is 7.51. The molecule has 0 aliphatic carbocycles. The third-order valence-corrected chi connectivity index (χ3v) is 5.76. The van der Waals surface area contributed by atoms with Gasteiger partial charge in [0.25, 0.3) is 5.91 Å². The van der Waals surface area contributed by atoms with Crippen LogP contribution in [-0.2, 0) is 24.0 Å². The largest absolute Gasteiger partial charge is 0.478 e. The van der Waals surface area contributed by atoms with Crippen LogP contribution in [0.5, 0.6) is 0 Å². The van der Waals surface area contributed by atoms with Gasteiger partial charge in [0.15, 0.2) is 10.8 Å². The lowest BCUT2D eigenvalue weighted by molar-refractivity contribution is -0.161. The minimum absolute atomic E-state index is 0.00485. The molecule has 2 rings (SSSR count). The Labute approximate surface area is 184 Å². The number of nitrogens with one attached hydrogen (secondary N) is 1. The van der Waals surface area contributed by atoms with E-state index in [0.29, 0.717) is 6.29 Å². The zero-order valence-corrected chi connectivity index (χ0v) is 18.0. The Bertz CT molecular complexity index is 985. The Morgan fingerprint density at radius 3 is 2.65 bits per heavy atom. The van der Waals surface area contributed by atoms with Gasteiger partial charge >= 0.3 is 11.9 Å². The Hall–Kier alpha value is -3.26. The van der Waals surface area contributed by atoms with Crippen molar-refractivity contribution in [2.24, 2.45) is 10.1 Å². The molecule has 0 aromatic carbocycles. The molecular weight excluding hydrogens is 450 g/mol. The van der Waals surface area contributed by atoms with Gasteiger partial charge in [0.05, 0.1) is 0 Å². The fraction of sp³-hybridized carbons (Fsp3) is 0.353. The van der Waals surface area contributed by atoms with Crippen molar-refractivity contribution in [3.8, 4) is 0 Å². The second kappa shape index (κ2) is 9.70. The molecule has 0 bridgehead atoms. The average molecular weight is 470 g/mol. The number of thioether (sulfide) groups is 1. The first kappa shape index (κ1) is 24.0. The quantitative estimate of drug-likeness (QED) is 0.220. The summed E-state index contributed by atoms with van der Waals surface area (Å²) >= 11 is 2.13. The summed E-state index contributed by atoms with van der Waals surface area (Å²) in [4.78, 5) is 59.9. The van der Waals surface area contributed by atoms with Crippen LogP contribution in [0.3, 0.4) is 0 Å². The molecule has 0 radical (unpaired) electrons. The highest BCUT2D eigenvalue weighted by Gasteiger charge is 2.33. The molecule has 1 aliphatic rings. The van der Waals surface area contributed by atoms with Crippen LogP contribution in [0.4, 0.5) is 5.13 Å². The van der Waals surface area contributed by atoms with Gasteiger partial charge in [0.1, 0.15) is 29.1 Å². The summed E-state index contributed by atoms with van der Waals surface area (Å²) in [5.74, 6) is -3.33. The number of carbonyl (C=O) groups is 4. The monoisotopic (exact) mass is 469 g/mol. The van der Waals surface area contributed by atoms with Crippen molar-refractivity contribution in [1.82, 2.24) is 10.3 Å². The molecule has 0 spiro atoms. The highest BCUT2D eigenvalue weighted by molar-refractivity contribution is 8.00. The predicted molar refractivity (Wildman–Crippen MR) is 114 cm³/mol. The van der Waals surface area contributed by atoms with Gasteiger partial charge in [-0.15, -0.1) is 23.1 Å². The number of nitrogens with two attached hydrogens (primary N) is 1. The Balaban J connectivity index is 2.31. The number of hydrogen-bond donors (Lipinski definition) is 4. The Morgan fingerprint density at radius 2 is 2.13 bits per heavy atom. The molecule has 31 heavy (non-hydrogen) atoms. The van der Waals surface area contributed by atoms with Crippen molar-refractivity contribution in [2.75, 3.05) is 11.5 Å². The number of hydrogen-bond acceptors (Lipinski definition) is 11. The number of aldehydes is 1. The molecule has 1 amide bonds. The highest BCUT2D eigenvalue weighted by Crippen LogP contribution is 2.25. The van der Waals surface area contributed by atoms with E-state index in [2.05, 4.69) is 27.0 Å². The number of rotatable bonds is 9. The molecule has 0 saturated heterocycles. The van der Waals surface area contributed by atoms with Crippen LogP contribution in [0.15, 0.2) is 27.7 Å². The first-order chi connectivity index (χ1) is 14.5. The highest BCUT2D eigenvalue weighted by atomic mass is 32.2. The molecule has 14 heteroatoms. The van der Waals surface area contributed by atoms with Crippen LogP contribution in [0.1, 0.15) is 19.5 Å². The number of carboxylic acids is 2. The number of thiazole rings is 1. The molecule has 166 valence electrons. The molecule has 12 nitrogen and oxygen atoms in total. The molecule has 1 aliphatic heterocycles. The van der Waals surface area contributed by atoms with E-state index in [1.165, 1.54) is 19.2 Å². The van der Waals surface area contributed by atoms with Crippen molar-refractivity contribution in [3.05, 3.63) is 23.2 Å². The number of aliphatic imine (C=N–C) groups is 1. The number of carboxylic acid groups (broad SMARTS) is 2. The summed E-state index contributed by atoms with van der Waals surface area (Å²) < 4.78 is 0. The molecule has 1 aromatic rings. The van der Waals surface area contributed by atoms with E-state index in [0.717, 1.165) is 23.1 Å². The smallest absolute Gasteiger partial charge is 0.354 e. The van der Waals surface area contributed by atoms with Crippen LogP contribution < -0.4 is 11.1 Å². The standard InChI is InChI=1S/C17H19N5O7S2/c1-7-5-30-13(21-10(7)14(25)26)8(4-23)19-12(24)11(9-6-31-16(18)20-9)22-29-17(2,3)15(27)28/h4,6,8,13H,1,5H2,2-3H3,(H2,18,20)(H,19,24)(H,25,26)(H,27,28). The van der Waals surface area contributed by atoms with Gasteiger partial charge in [-0.25, -0.2) is 14.6 Å². The molecule has 1 aromatic heterocycles. The maximum atomic E-state index is 12.8. The number of amides is 1. The maximum absolute atomic E-state index is 12.8. The van der Waals surface area contributed by atoms with Crippen molar-refractivity contribution >= 4 is 63.8 Å². The molecule has 5 N–H and O–H groups in total. The number of aromatic nitrogens is 1. The lowest BCUT2D eigenvalue weighted by atomic mass is 10.1. The second-order valence-corrected chi connectivity index (χ2v) is 8.64. The van der Waals surface area contributed by atoms with Gasteiger partial charge in [-0.1, -0.05) is 11.7 Å². The molecule has 2 atom stereocenters. The molecule has 0 fully saturated rings. The van der Waals surface area contributed by atoms with E-state index in [1.807, 2.05) is 0 Å². The summed E-state index contributed by atoms with van der Waals surface area (Å²) in [5, 5.41) is 25.0. The van der Waals surface area contributed by atoms with Crippen molar-refractivity contribution < 1.29 is 34.2 Å². The fourth-order valence-corrected chi connectivity index (χ4v) is 3.67. The lowest BCUT2D eigenvalue weighted by Gasteiger charge is -2.25. The van der Waals surface area contributed by atoms with Gasteiger partial charge in [0, 0.05) is 11.1 Å². The van der Waals surface area contributed by atoms with Crippen LogP contribution in [0, 0.1) is 0 Å². The van der Waals surface area contributed by atoms with Crippen LogP contribution in [0.2, 0.25) is 0 Å². The van der Waals surface area contributed by atoms with Crippen molar-refractivity contribution in [3.63, 3.8) is 0 Å². The van der Waals surface area contributed by atoms with Crippen molar-refractivity contribution in [2.45, 2.75) is 30.9 Å². The van der Waals surface area contributed by atoms with Crippen LogP contribution in [0.25, 0.3) is 0 Å². The van der Waals surface area contributed by atoms with Crippen LogP contribution in [-0.4, -0.2) is 73.5 Å². The predicted octanol–water partition coefficient (Wildman–Crippen LogP) is 0.148. The van der Waals surface area contributed by atoms with Crippen LogP contribution >= 0.6 is 23.1 Å². The molecule has 2 heterocycles. The van der Waals surface area contributed by atoms with E-state index in [9.17, 15) is 24.3 Å². The maximum Gasteiger partial charge on any atom is 0.354 e. The number of anilines is 1. The molecule has 0 saturated carbocycles. The second-order valence-electron chi connectivity index (χ2n) is 6.64. The number of carbonyl (C=O) groups excluding carboxylic acids is 2. The van der Waals surface area contributed by atoms with E-state index in [1.54, 1.807) is 0 Å². The average Bonchev–Trinajstić information content (AvgIpc) is 3.12. The summed E-state index contributed by atoms with van der Waals surface area (Å²) in [6, 6.07) is -1.21. The van der Waals surface area contributed by atoms with Gasteiger partial charge in [-0.2, -0.15) is 0 Å². The van der Waals surface area contributed by atoms with E-state index in [-0.39, 0.29) is 27.9 Å². The zero-order valence-electron chi connectivity index (χ0n) is 16.4. The fourth-order valence-electron chi connectivity index (χ4n) is 2.09. The van der Waals surface area contributed by atoms with E-state index in [4.69, 9.17) is 15.7 Å². The summed E-state index contributed by atoms with van der Waals surface area (Å²) in [6.07, 6.45) is 0.404. The normalized spacial score (nSPS) is 18.0. The third kappa shape index (κ3) is 5.88. The zero-order chi connectivity index (χ0) is 23.3. The number of nitrogens with zero attached hydrogens (tertiary/aromatic N) is 3. The van der Waals surface area contributed by atoms with Gasteiger partial charge in [0.2, 0.25) is 5.60 Å². The number of oxime groups is 1. The SMILES string of the molecule is C=C1CSC(C(C=O)NC(=O)C(=NOC(C)(C)C(=O)O)c2csc(N)n2)N=C1C(=O)O.